The van der Waals surface area contributed by atoms with E-state index in [1.807, 2.05) is 29.6 Å². The van der Waals surface area contributed by atoms with Crippen LogP contribution in [0.15, 0.2) is 29.6 Å². The minimum absolute atomic E-state index is 0.00175. The lowest BCUT2D eigenvalue weighted by Gasteiger charge is -2.37. The molecule has 0 saturated heterocycles. The molecular weight excluding hydrogens is 285 g/mol. The summed E-state index contributed by atoms with van der Waals surface area (Å²) < 4.78 is 39.1. The molecule has 1 aliphatic carbocycles. The molecule has 5 heteroatoms. The summed E-state index contributed by atoms with van der Waals surface area (Å²) in [5, 5.41) is 13.8. The number of thiophene rings is 1. The van der Waals surface area contributed by atoms with Crippen molar-refractivity contribution in [3.8, 4) is 0 Å². The molecule has 108 valence electrons. The van der Waals surface area contributed by atoms with E-state index in [4.69, 9.17) is 0 Å². The van der Waals surface area contributed by atoms with E-state index in [0.29, 0.717) is 0 Å². The van der Waals surface area contributed by atoms with Crippen molar-refractivity contribution < 1.29 is 18.3 Å². The maximum atomic E-state index is 12.7. The number of alkyl halides is 3. The van der Waals surface area contributed by atoms with Crippen molar-refractivity contribution in [1.29, 1.82) is 0 Å². The Bertz CT molecular complexity index is 609. The van der Waals surface area contributed by atoms with Crippen molar-refractivity contribution in [3.05, 3.63) is 35.2 Å². The fraction of sp³-hybridized carbons (Fsp3) is 0.467. The molecule has 3 rings (SSSR count). The van der Waals surface area contributed by atoms with E-state index in [1.165, 1.54) is 11.3 Å². The van der Waals surface area contributed by atoms with E-state index in [0.717, 1.165) is 15.6 Å². The Hall–Kier alpha value is -1.07. The Morgan fingerprint density at radius 3 is 2.50 bits per heavy atom. The zero-order valence-electron chi connectivity index (χ0n) is 10.8. The lowest BCUT2D eigenvalue weighted by Crippen LogP contribution is -2.36. The van der Waals surface area contributed by atoms with Gasteiger partial charge in [-0.15, -0.1) is 11.3 Å². The molecular formula is C15H15F3OS. The summed E-state index contributed by atoms with van der Waals surface area (Å²) in [6.45, 7) is 0. The summed E-state index contributed by atoms with van der Waals surface area (Å²) in [6.07, 6.45) is -3.79. The quantitative estimate of drug-likeness (QED) is 0.799. The van der Waals surface area contributed by atoms with Gasteiger partial charge in [0.05, 0.1) is 11.5 Å². The first-order valence-corrected chi connectivity index (χ1v) is 7.54. The predicted molar refractivity (Wildman–Crippen MR) is 73.7 cm³/mol. The average molecular weight is 300 g/mol. The second kappa shape index (κ2) is 4.74. The highest BCUT2D eigenvalue weighted by Crippen LogP contribution is 2.47. The van der Waals surface area contributed by atoms with Gasteiger partial charge in [0, 0.05) is 10.3 Å². The van der Waals surface area contributed by atoms with Gasteiger partial charge in [0.15, 0.2) is 0 Å². The zero-order chi connectivity index (χ0) is 14.4. The van der Waals surface area contributed by atoms with Crippen LogP contribution in [-0.4, -0.2) is 11.3 Å². The second-order valence-electron chi connectivity index (χ2n) is 5.49. The molecule has 1 aromatic heterocycles. The highest BCUT2D eigenvalue weighted by atomic mass is 32.1. The van der Waals surface area contributed by atoms with Crippen molar-refractivity contribution >= 4 is 21.4 Å². The van der Waals surface area contributed by atoms with Gasteiger partial charge in [-0.3, -0.25) is 0 Å². The zero-order valence-corrected chi connectivity index (χ0v) is 11.6. The Kier molecular flexibility index (Phi) is 3.29. The third kappa shape index (κ3) is 2.33. The fourth-order valence-corrected chi connectivity index (χ4v) is 4.06. The van der Waals surface area contributed by atoms with E-state index >= 15 is 0 Å². The Labute approximate surface area is 119 Å². The van der Waals surface area contributed by atoms with Crippen LogP contribution in [0, 0.1) is 5.92 Å². The third-order valence-electron chi connectivity index (χ3n) is 4.26. The molecule has 0 aliphatic heterocycles. The summed E-state index contributed by atoms with van der Waals surface area (Å²) in [6, 6.07) is 7.62. The van der Waals surface area contributed by atoms with Gasteiger partial charge >= 0.3 is 6.18 Å². The highest BCUT2D eigenvalue weighted by molar-refractivity contribution is 7.17. The van der Waals surface area contributed by atoms with Gasteiger partial charge in [0.1, 0.15) is 0 Å². The summed E-state index contributed by atoms with van der Waals surface area (Å²) in [5.74, 6) is -1.27. The molecule has 0 unspecified atom stereocenters. The molecule has 1 aliphatic rings. The first-order chi connectivity index (χ1) is 9.40. The lowest BCUT2D eigenvalue weighted by molar-refractivity contribution is -0.193. The van der Waals surface area contributed by atoms with Crippen LogP contribution in [0.1, 0.15) is 31.2 Å². The van der Waals surface area contributed by atoms with Gasteiger partial charge in [-0.2, -0.15) is 13.2 Å². The molecule has 0 atom stereocenters. The van der Waals surface area contributed by atoms with Crippen LogP contribution in [0.3, 0.4) is 0 Å². The number of rotatable bonds is 1. The van der Waals surface area contributed by atoms with Crippen molar-refractivity contribution in [2.75, 3.05) is 0 Å². The van der Waals surface area contributed by atoms with Crippen molar-refractivity contribution in [2.24, 2.45) is 5.92 Å². The molecule has 20 heavy (non-hydrogen) atoms. The van der Waals surface area contributed by atoms with E-state index in [-0.39, 0.29) is 25.7 Å². The van der Waals surface area contributed by atoms with E-state index < -0.39 is 17.7 Å². The highest BCUT2D eigenvalue weighted by Gasteiger charge is 2.46. The minimum Gasteiger partial charge on any atom is -0.385 e. The van der Waals surface area contributed by atoms with E-state index in [1.54, 1.807) is 0 Å². The largest absolute Gasteiger partial charge is 0.391 e. The first kappa shape index (κ1) is 13.9. The third-order valence-corrected chi connectivity index (χ3v) is 5.22. The predicted octanol–water partition coefficient (Wildman–Crippen LogP) is 4.84. The van der Waals surface area contributed by atoms with Gasteiger partial charge in [0.25, 0.3) is 0 Å². The molecule has 2 aromatic rings. The van der Waals surface area contributed by atoms with E-state index in [2.05, 4.69) is 0 Å². The minimum atomic E-state index is -4.14. The maximum Gasteiger partial charge on any atom is 0.391 e. The van der Waals surface area contributed by atoms with Crippen LogP contribution in [-0.2, 0) is 5.60 Å². The first-order valence-electron chi connectivity index (χ1n) is 6.66. The molecule has 0 radical (unpaired) electrons. The van der Waals surface area contributed by atoms with Crippen molar-refractivity contribution in [3.63, 3.8) is 0 Å². The summed E-state index contributed by atoms with van der Waals surface area (Å²) in [7, 11) is 0. The monoisotopic (exact) mass is 300 g/mol. The molecule has 0 bridgehead atoms. The van der Waals surface area contributed by atoms with Crippen LogP contribution in [0.25, 0.3) is 10.1 Å². The second-order valence-corrected chi connectivity index (χ2v) is 6.41. The number of benzene rings is 1. The van der Waals surface area contributed by atoms with Crippen molar-refractivity contribution in [2.45, 2.75) is 37.5 Å². The molecule has 1 saturated carbocycles. The van der Waals surface area contributed by atoms with Crippen LogP contribution in [0.4, 0.5) is 13.2 Å². The van der Waals surface area contributed by atoms with Gasteiger partial charge in [0.2, 0.25) is 0 Å². The molecule has 0 amide bonds. The average Bonchev–Trinajstić information content (AvgIpc) is 2.86. The number of aliphatic hydroxyl groups is 1. The van der Waals surface area contributed by atoms with Crippen LogP contribution in [0.5, 0.6) is 0 Å². The fourth-order valence-electron chi connectivity index (χ4n) is 3.05. The SMILES string of the molecule is OC1(c2cccc3ccsc23)CCC(C(F)(F)F)CC1. The van der Waals surface area contributed by atoms with Gasteiger partial charge in [-0.05, 0) is 42.5 Å². The molecule has 1 N–H and O–H groups in total. The summed E-state index contributed by atoms with van der Waals surface area (Å²) >= 11 is 1.53. The molecule has 1 aromatic carbocycles. The Morgan fingerprint density at radius 2 is 1.85 bits per heavy atom. The van der Waals surface area contributed by atoms with Crippen LogP contribution >= 0.6 is 11.3 Å². The smallest absolute Gasteiger partial charge is 0.385 e. The van der Waals surface area contributed by atoms with E-state index in [9.17, 15) is 18.3 Å². The summed E-state index contributed by atoms with van der Waals surface area (Å²) in [5.41, 5.74) is -0.336. The Balaban J connectivity index is 1.89. The van der Waals surface area contributed by atoms with Gasteiger partial charge in [-0.25, -0.2) is 0 Å². The normalized spacial score (nSPS) is 27.9. The Morgan fingerprint density at radius 1 is 1.15 bits per heavy atom. The summed E-state index contributed by atoms with van der Waals surface area (Å²) in [4.78, 5) is 0. The van der Waals surface area contributed by atoms with Gasteiger partial charge in [-0.1, -0.05) is 18.2 Å². The standard InChI is InChI=1S/C15H15F3OS/c16-15(17,18)11-4-7-14(19,8-5-11)12-3-1-2-10-6-9-20-13(10)12/h1-3,6,9,11,19H,4-5,7-8H2. The number of hydrogen-bond acceptors (Lipinski definition) is 2. The molecule has 0 spiro atoms. The molecule has 1 heterocycles. The van der Waals surface area contributed by atoms with Gasteiger partial charge < -0.3 is 5.11 Å². The van der Waals surface area contributed by atoms with Crippen molar-refractivity contribution in [1.82, 2.24) is 0 Å². The number of halogens is 3. The topological polar surface area (TPSA) is 20.2 Å². The van der Waals surface area contributed by atoms with Crippen LogP contribution in [0.2, 0.25) is 0 Å². The molecule has 1 nitrogen and oxygen atoms in total. The number of fused-ring (bicyclic) bond motifs is 1. The number of hydrogen-bond donors (Lipinski definition) is 1. The lowest BCUT2D eigenvalue weighted by atomic mass is 9.75. The maximum absolute atomic E-state index is 12.7. The molecule has 1 fully saturated rings. The van der Waals surface area contributed by atoms with Crippen LogP contribution < -0.4 is 0 Å².